The number of ether oxygens (including phenoxy) is 3. The summed E-state index contributed by atoms with van der Waals surface area (Å²) in [4.78, 5) is 29.0. The minimum Gasteiger partial charge on any atom is -0.489 e. The number of rotatable bonds is 10. The quantitative estimate of drug-likeness (QED) is 0.210. The molecule has 46 heavy (non-hydrogen) atoms. The lowest BCUT2D eigenvalue weighted by molar-refractivity contribution is -0.141. The van der Waals surface area contributed by atoms with Gasteiger partial charge in [-0.3, -0.25) is 9.59 Å². The van der Waals surface area contributed by atoms with Gasteiger partial charge in [-0.2, -0.15) is 0 Å². The zero-order valence-electron chi connectivity index (χ0n) is 29.6. The number of nitrogens with zero attached hydrogens (tertiary/aromatic N) is 3. The third-order valence-electron chi connectivity index (χ3n) is 8.82. The fourth-order valence-corrected chi connectivity index (χ4v) is 6.16. The predicted molar refractivity (Wildman–Crippen MR) is 188 cm³/mol. The standard InChI is InChI=1S/C34H43N3O5.2C2H6/c1-6-23(2)33-24(3)25(4)37(21-32(39)40-5)34(33)26-9-12-29(13-10-26)42-22-27-20-28(36-15-7-8-31(36)38)11-14-30(27)35-16-18-41-19-17-35;2*1-2/h9-14,20,23H,6-8,15-19,21-22H2,1-5H3;2*1-2H3. The number of hydrogen-bond donors (Lipinski definition) is 0. The van der Waals surface area contributed by atoms with E-state index in [1.807, 2.05) is 44.7 Å². The van der Waals surface area contributed by atoms with Crippen LogP contribution in [0, 0.1) is 13.8 Å². The van der Waals surface area contributed by atoms with E-state index in [9.17, 15) is 9.59 Å². The van der Waals surface area contributed by atoms with Crippen LogP contribution in [0.2, 0.25) is 0 Å². The van der Waals surface area contributed by atoms with E-state index < -0.39 is 0 Å². The fourth-order valence-electron chi connectivity index (χ4n) is 6.16. The summed E-state index contributed by atoms with van der Waals surface area (Å²) >= 11 is 0. The van der Waals surface area contributed by atoms with Crippen LogP contribution >= 0.6 is 0 Å². The van der Waals surface area contributed by atoms with E-state index in [1.54, 1.807) is 0 Å². The highest BCUT2D eigenvalue weighted by molar-refractivity contribution is 5.95. The molecule has 0 spiro atoms. The number of morpholine rings is 1. The Bertz CT molecular complexity index is 1420. The molecule has 2 fully saturated rings. The van der Waals surface area contributed by atoms with Gasteiger partial charge in [0.2, 0.25) is 5.91 Å². The van der Waals surface area contributed by atoms with E-state index in [2.05, 4.69) is 67.5 Å². The number of esters is 1. The van der Waals surface area contributed by atoms with Gasteiger partial charge >= 0.3 is 5.97 Å². The Kier molecular flexibility index (Phi) is 14.2. The van der Waals surface area contributed by atoms with Crippen molar-refractivity contribution in [2.24, 2.45) is 0 Å². The van der Waals surface area contributed by atoms with Crippen molar-refractivity contribution >= 4 is 23.3 Å². The summed E-state index contributed by atoms with van der Waals surface area (Å²) in [6.45, 7) is 21.0. The molecule has 1 amide bonds. The molecule has 0 N–H and O–H groups in total. The second-order valence-corrected chi connectivity index (χ2v) is 11.3. The number of aromatic nitrogens is 1. The first-order valence-corrected chi connectivity index (χ1v) is 17.1. The van der Waals surface area contributed by atoms with Crippen molar-refractivity contribution in [3.05, 3.63) is 64.8 Å². The maximum absolute atomic E-state index is 12.4. The molecule has 2 saturated heterocycles. The van der Waals surface area contributed by atoms with Gasteiger partial charge in [0.05, 0.1) is 26.0 Å². The average molecular weight is 634 g/mol. The van der Waals surface area contributed by atoms with E-state index in [0.717, 1.165) is 72.1 Å². The van der Waals surface area contributed by atoms with Crippen molar-refractivity contribution in [3.8, 4) is 17.0 Å². The molecular weight excluding hydrogens is 578 g/mol. The molecule has 3 heterocycles. The Balaban J connectivity index is 0.00000139. The van der Waals surface area contributed by atoms with Crippen LogP contribution in [0.4, 0.5) is 11.4 Å². The molecule has 0 aliphatic carbocycles. The Morgan fingerprint density at radius 3 is 2.24 bits per heavy atom. The molecular formula is C38H55N3O5. The number of carbonyl (C=O) groups excluding carboxylic acids is 2. The third kappa shape index (κ3) is 8.32. The highest BCUT2D eigenvalue weighted by Crippen LogP contribution is 2.38. The van der Waals surface area contributed by atoms with Crippen LogP contribution in [0.5, 0.6) is 5.75 Å². The normalized spacial score (nSPS) is 15.0. The lowest BCUT2D eigenvalue weighted by atomic mass is 9.92. The molecule has 0 bridgehead atoms. The molecule has 252 valence electrons. The van der Waals surface area contributed by atoms with E-state index in [4.69, 9.17) is 14.2 Å². The van der Waals surface area contributed by atoms with E-state index in [-0.39, 0.29) is 18.4 Å². The molecule has 8 heteroatoms. The number of carbonyl (C=O) groups is 2. The lowest BCUT2D eigenvalue weighted by Gasteiger charge is -2.31. The van der Waals surface area contributed by atoms with Crippen molar-refractivity contribution in [1.29, 1.82) is 0 Å². The fraction of sp³-hybridized carbons (Fsp3) is 0.526. The van der Waals surface area contributed by atoms with Gasteiger partial charge < -0.3 is 28.6 Å². The van der Waals surface area contributed by atoms with Crippen molar-refractivity contribution < 1.29 is 23.8 Å². The van der Waals surface area contributed by atoms with Crippen molar-refractivity contribution in [2.75, 3.05) is 49.8 Å². The van der Waals surface area contributed by atoms with Crippen molar-refractivity contribution in [1.82, 2.24) is 4.57 Å². The van der Waals surface area contributed by atoms with Crippen LogP contribution < -0.4 is 14.5 Å². The van der Waals surface area contributed by atoms with Gasteiger partial charge in [0.15, 0.2) is 0 Å². The molecule has 2 aromatic carbocycles. The molecule has 0 saturated carbocycles. The summed E-state index contributed by atoms with van der Waals surface area (Å²) in [6.07, 6.45) is 2.50. The van der Waals surface area contributed by atoms with Crippen LogP contribution in [-0.4, -0.2) is 56.4 Å². The van der Waals surface area contributed by atoms with Crippen LogP contribution in [0.25, 0.3) is 11.3 Å². The Hall–Kier alpha value is -3.78. The van der Waals surface area contributed by atoms with Gasteiger partial charge in [0, 0.05) is 48.7 Å². The number of amides is 1. The summed E-state index contributed by atoms with van der Waals surface area (Å²) in [5, 5.41) is 0. The second-order valence-electron chi connectivity index (χ2n) is 11.3. The molecule has 8 nitrogen and oxygen atoms in total. The first-order valence-electron chi connectivity index (χ1n) is 17.1. The number of benzene rings is 2. The second kappa shape index (κ2) is 17.8. The van der Waals surface area contributed by atoms with Crippen molar-refractivity contribution in [3.63, 3.8) is 0 Å². The molecule has 0 radical (unpaired) electrons. The van der Waals surface area contributed by atoms with E-state index >= 15 is 0 Å². The maximum Gasteiger partial charge on any atom is 0.325 e. The summed E-state index contributed by atoms with van der Waals surface area (Å²) in [5.74, 6) is 1.02. The smallest absolute Gasteiger partial charge is 0.325 e. The highest BCUT2D eigenvalue weighted by Gasteiger charge is 2.25. The number of anilines is 2. The molecule has 1 aromatic heterocycles. The lowest BCUT2D eigenvalue weighted by Crippen LogP contribution is -2.37. The van der Waals surface area contributed by atoms with Crippen molar-refractivity contribution in [2.45, 2.75) is 93.7 Å². The minimum atomic E-state index is -0.265. The molecule has 2 aliphatic heterocycles. The van der Waals surface area contributed by atoms with Crippen LogP contribution in [0.3, 0.4) is 0 Å². The van der Waals surface area contributed by atoms with Gasteiger partial charge in [-0.1, -0.05) is 41.5 Å². The minimum absolute atomic E-state index is 0.174. The van der Waals surface area contributed by atoms with Gasteiger partial charge in [0.1, 0.15) is 18.9 Å². The molecule has 1 unspecified atom stereocenters. The Morgan fingerprint density at radius 2 is 1.65 bits per heavy atom. The monoisotopic (exact) mass is 633 g/mol. The third-order valence-corrected chi connectivity index (χ3v) is 8.82. The summed E-state index contributed by atoms with van der Waals surface area (Å²) < 4.78 is 19.0. The van der Waals surface area contributed by atoms with Gasteiger partial charge in [0.25, 0.3) is 0 Å². The number of hydrogen-bond acceptors (Lipinski definition) is 6. The summed E-state index contributed by atoms with van der Waals surface area (Å²) in [6, 6.07) is 14.4. The molecule has 2 aliphatic rings. The first kappa shape index (κ1) is 36.7. The maximum atomic E-state index is 12.4. The van der Waals surface area contributed by atoms with Gasteiger partial charge in [-0.15, -0.1) is 0 Å². The number of methoxy groups -OCH3 is 1. The largest absolute Gasteiger partial charge is 0.489 e. The first-order chi connectivity index (χ1) is 22.3. The Labute approximate surface area is 276 Å². The van der Waals surface area contributed by atoms with Crippen LogP contribution in [-0.2, 0) is 32.2 Å². The van der Waals surface area contributed by atoms with E-state index in [0.29, 0.717) is 32.2 Å². The highest BCUT2D eigenvalue weighted by atomic mass is 16.5. The topological polar surface area (TPSA) is 73.2 Å². The summed E-state index contributed by atoms with van der Waals surface area (Å²) in [5.41, 5.74) is 8.78. The van der Waals surface area contributed by atoms with Gasteiger partial charge in [-0.05, 0) is 91.8 Å². The van der Waals surface area contributed by atoms with Crippen LogP contribution in [0.1, 0.15) is 89.1 Å². The van der Waals surface area contributed by atoms with E-state index in [1.165, 1.54) is 18.2 Å². The summed E-state index contributed by atoms with van der Waals surface area (Å²) in [7, 11) is 1.43. The zero-order valence-corrected chi connectivity index (χ0v) is 29.6. The predicted octanol–water partition coefficient (Wildman–Crippen LogP) is 8.05. The molecule has 5 rings (SSSR count). The molecule has 1 atom stereocenters. The van der Waals surface area contributed by atoms with Gasteiger partial charge in [-0.25, -0.2) is 0 Å². The average Bonchev–Trinajstić information content (AvgIpc) is 3.65. The molecule has 3 aromatic rings. The van der Waals surface area contributed by atoms with Crippen LogP contribution in [0.15, 0.2) is 42.5 Å². The SMILES string of the molecule is CC.CC.CCC(C)c1c(C)c(C)n(CC(=O)OC)c1-c1ccc(OCc2cc(N3CCCC3=O)ccc2N2CCOCC2)cc1. The zero-order chi connectivity index (χ0) is 33.8. The Morgan fingerprint density at radius 1 is 0.978 bits per heavy atom.